The van der Waals surface area contributed by atoms with Crippen LogP contribution in [0.15, 0.2) is 48.5 Å². The van der Waals surface area contributed by atoms with Crippen LogP contribution in [-0.4, -0.2) is 17.6 Å². The van der Waals surface area contributed by atoms with Crippen molar-refractivity contribution in [3.8, 4) is 5.75 Å². The van der Waals surface area contributed by atoms with Gasteiger partial charge in [-0.25, -0.2) is 0 Å². The third-order valence-electron chi connectivity index (χ3n) is 2.91. The number of hydrogen-bond donors (Lipinski definition) is 2. The molecule has 0 aromatic heterocycles. The highest BCUT2D eigenvalue weighted by atomic mass is 16.3. The number of nitrogen functional groups attached to an aromatic ring is 1. The maximum Gasteiger partial charge on any atom is 0.258 e. The van der Waals surface area contributed by atoms with Crippen LogP contribution in [0.5, 0.6) is 5.75 Å². The quantitative estimate of drug-likeness (QED) is 0.655. The van der Waals surface area contributed by atoms with Crippen molar-refractivity contribution in [3.63, 3.8) is 0 Å². The van der Waals surface area contributed by atoms with E-state index in [2.05, 4.69) is 0 Å². The molecule has 2 aromatic carbocycles. The Balaban J connectivity index is 2.33. The van der Waals surface area contributed by atoms with E-state index in [1.807, 2.05) is 37.3 Å². The molecule has 19 heavy (non-hydrogen) atoms. The second-order valence-electron chi connectivity index (χ2n) is 4.16. The lowest BCUT2D eigenvalue weighted by Crippen LogP contribution is -2.30. The smallest absolute Gasteiger partial charge is 0.258 e. The van der Waals surface area contributed by atoms with E-state index in [0.29, 0.717) is 12.1 Å². The van der Waals surface area contributed by atoms with Crippen molar-refractivity contribution in [2.75, 3.05) is 17.2 Å². The lowest BCUT2D eigenvalue weighted by molar-refractivity contribution is 0.0988. The fourth-order valence-electron chi connectivity index (χ4n) is 1.88. The van der Waals surface area contributed by atoms with Gasteiger partial charge in [0, 0.05) is 17.8 Å². The van der Waals surface area contributed by atoms with Gasteiger partial charge in [0.05, 0.1) is 5.69 Å². The summed E-state index contributed by atoms with van der Waals surface area (Å²) in [7, 11) is 0. The van der Waals surface area contributed by atoms with Crippen molar-refractivity contribution in [2.45, 2.75) is 6.92 Å². The van der Waals surface area contributed by atoms with Crippen LogP contribution in [-0.2, 0) is 0 Å². The van der Waals surface area contributed by atoms with E-state index in [9.17, 15) is 9.90 Å². The number of nitrogens with zero attached hydrogens (tertiary/aromatic N) is 1. The first kappa shape index (κ1) is 13.0. The maximum absolute atomic E-state index is 12.4. The molecule has 0 heterocycles. The Morgan fingerprint density at radius 3 is 2.47 bits per heavy atom. The largest absolute Gasteiger partial charge is 0.506 e. The normalized spacial score (nSPS) is 10.2. The molecule has 0 atom stereocenters. The molecular formula is C15H16N2O2. The maximum atomic E-state index is 12.4. The number of hydrogen-bond acceptors (Lipinski definition) is 3. The Kier molecular flexibility index (Phi) is 3.71. The first-order chi connectivity index (χ1) is 9.13. The molecule has 2 rings (SSSR count). The second kappa shape index (κ2) is 5.44. The fourth-order valence-corrected chi connectivity index (χ4v) is 1.88. The molecule has 0 bridgehead atoms. The van der Waals surface area contributed by atoms with E-state index in [1.54, 1.807) is 11.0 Å². The summed E-state index contributed by atoms with van der Waals surface area (Å²) >= 11 is 0. The van der Waals surface area contributed by atoms with Crippen LogP contribution in [0.3, 0.4) is 0 Å². The van der Waals surface area contributed by atoms with Gasteiger partial charge in [-0.1, -0.05) is 18.2 Å². The summed E-state index contributed by atoms with van der Waals surface area (Å²) < 4.78 is 0. The molecule has 0 aliphatic rings. The summed E-state index contributed by atoms with van der Waals surface area (Å²) in [5, 5.41) is 9.58. The van der Waals surface area contributed by atoms with E-state index in [-0.39, 0.29) is 17.3 Å². The highest BCUT2D eigenvalue weighted by Crippen LogP contribution is 2.23. The van der Waals surface area contributed by atoms with Gasteiger partial charge in [0.1, 0.15) is 5.75 Å². The van der Waals surface area contributed by atoms with Gasteiger partial charge in [0.15, 0.2) is 0 Å². The molecule has 0 fully saturated rings. The summed E-state index contributed by atoms with van der Waals surface area (Å²) in [6, 6.07) is 13.9. The molecule has 1 amide bonds. The van der Waals surface area contributed by atoms with Gasteiger partial charge in [0.2, 0.25) is 0 Å². The Morgan fingerprint density at radius 1 is 1.21 bits per heavy atom. The number of carbonyl (C=O) groups excluding carboxylic acids is 1. The number of carbonyl (C=O) groups is 1. The zero-order valence-electron chi connectivity index (χ0n) is 10.7. The molecule has 3 N–H and O–H groups in total. The van der Waals surface area contributed by atoms with Crippen LogP contribution in [0.25, 0.3) is 0 Å². The van der Waals surface area contributed by atoms with Gasteiger partial charge in [-0.05, 0) is 37.3 Å². The number of amides is 1. The van der Waals surface area contributed by atoms with E-state index < -0.39 is 0 Å². The zero-order chi connectivity index (χ0) is 13.8. The SMILES string of the molecule is CCN(C(=O)c1ccc(N)c(O)c1)c1ccccc1. The number of phenols is 1. The van der Waals surface area contributed by atoms with Crippen molar-refractivity contribution in [1.29, 1.82) is 0 Å². The summed E-state index contributed by atoms with van der Waals surface area (Å²) in [5.74, 6) is -0.237. The molecule has 0 unspecified atom stereocenters. The third kappa shape index (κ3) is 2.68. The van der Waals surface area contributed by atoms with Gasteiger partial charge < -0.3 is 15.7 Å². The molecule has 0 saturated carbocycles. The topological polar surface area (TPSA) is 66.6 Å². The Hall–Kier alpha value is -2.49. The second-order valence-corrected chi connectivity index (χ2v) is 4.16. The highest BCUT2D eigenvalue weighted by molar-refractivity contribution is 6.06. The molecule has 0 aliphatic carbocycles. The van der Waals surface area contributed by atoms with Gasteiger partial charge in [-0.15, -0.1) is 0 Å². The number of para-hydroxylation sites is 1. The molecule has 0 radical (unpaired) electrons. The van der Waals surface area contributed by atoms with Crippen LogP contribution in [0.2, 0.25) is 0 Å². The van der Waals surface area contributed by atoms with Crippen LogP contribution in [0.4, 0.5) is 11.4 Å². The summed E-state index contributed by atoms with van der Waals surface area (Å²) in [6.07, 6.45) is 0. The Bertz CT molecular complexity index is 582. The number of aromatic hydroxyl groups is 1. The predicted octanol–water partition coefficient (Wildman–Crippen LogP) is 2.64. The van der Waals surface area contributed by atoms with Crippen molar-refractivity contribution < 1.29 is 9.90 Å². The molecule has 98 valence electrons. The Morgan fingerprint density at radius 2 is 1.89 bits per heavy atom. The minimum Gasteiger partial charge on any atom is -0.506 e. The average molecular weight is 256 g/mol. The highest BCUT2D eigenvalue weighted by Gasteiger charge is 2.16. The first-order valence-corrected chi connectivity index (χ1v) is 6.09. The molecule has 0 aliphatic heterocycles. The minimum atomic E-state index is -0.163. The molecule has 0 spiro atoms. The van der Waals surface area contributed by atoms with Crippen LogP contribution in [0, 0.1) is 0 Å². The monoisotopic (exact) mass is 256 g/mol. The van der Waals surface area contributed by atoms with Crippen LogP contribution < -0.4 is 10.6 Å². The van der Waals surface area contributed by atoms with Crippen molar-refractivity contribution in [3.05, 3.63) is 54.1 Å². The van der Waals surface area contributed by atoms with E-state index in [1.165, 1.54) is 12.1 Å². The molecule has 0 saturated heterocycles. The van der Waals surface area contributed by atoms with Gasteiger partial charge in [-0.3, -0.25) is 4.79 Å². The number of rotatable bonds is 3. The van der Waals surface area contributed by atoms with E-state index >= 15 is 0 Å². The molecule has 4 heteroatoms. The fraction of sp³-hybridized carbons (Fsp3) is 0.133. The number of phenolic OH excluding ortho intramolecular Hbond substituents is 1. The molecular weight excluding hydrogens is 240 g/mol. The molecule has 4 nitrogen and oxygen atoms in total. The first-order valence-electron chi connectivity index (χ1n) is 6.09. The predicted molar refractivity (Wildman–Crippen MR) is 76.3 cm³/mol. The van der Waals surface area contributed by atoms with E-state index in [0.717, 1.165) is 5.69 Å². The molecule has 2 aromatic rings. The zero-order valence-corrected chi connectivity index (χ0v) is 10.7. The van der Waals surface area contributed by atoms with E-state index in [4.69, 9.17) is 5.73 Å². The third-order valence-corrected chi connectivity index (χ3v) is 2.91. The van der Waals surface area contributed by atoms with Crippen molar-refractivity contribution >= 4 is 17.3 Å². The average Bonchev–Trinajstić information content (AvgIpc) is 2.44. The number of benzene rings is 2. The lowest BCUT2D eigenvalue weighted by Gasteiger charge is -2.21. The summed E-state index contributed by atoms with van der Waals surface area (Å²) in [4.78, 5) is 14.1. The van der Waals surface area contributed by atoms with Gasteiger partial charge in [0.25, 0.3) is 5.91 Å². The van der Waals surface area contributed by atoms with Crippen molar-refractivity contribution in [2.24, 2.45) is 0 Å². The number of nitrogens with two attached hydrogens (primary N) is 1. The van der Waals surface area contributed by atoms with Crippen LogP contribution in [0.1, 0.15) is 17.3 Å². The standard InChI is InChI=1S/C15H16N2O2/c1-2-17(12-6-4-3-5-7-12)15(19)11-8-9-13(16)14(18)10-11/h3-10,18H,2,16H2,1H3. The van der Waals surface area contributed by atoms with Gasteiger partial charge >= 0.3 is 0 Å². The number of anilines is 2. The lowest BCUT2D eigenvalue weighted by atomic mass is 10.1. The Labute approximate surface area is 112 Å². The van der Waals surface area contributed by atoms with Crippen molar-refractivity contribution in [1.82, 2.24) is 0 Å². The summed E-state index contributed by atoms with van der Waals surface area (Å²) in [5.41, 5.74) is 7.04. The van der Waals surface area contributed by atoms with Gasteiger partial charge in [-0.2, -0.15) is 0 Å². The summed E-state index contributed by atoms with van der Waals surface area (Å²) in [6.45, 7) is 2.45. The minimum absolute atomic E-state index is 0.0741. The van der Waals surface area contributed by atoms with Crippen LogP contribution >= 0.6 is 0 Å².